The quantitative estimate of drug-likeness (QED) is 0.679. The Kier molecular flexibility index (Phi) is 3.70. The number of aryl methyl sites for hydroxylation is 1. The second kappa shape index (κ2) is 5.65. The van der Waals surface area contributed by atoms with Crippen LogP contribution in [-0.4, -0.2) is 27.5 Å². The van der Waals surface area contributed by atoms with Gasteiger partial charge >= 0.3 is 0 Å². The number of para-hydroxylation sites is 1. The third-order valence-corrected chi connectivity index (χ3v) is 4.19. The maximum absolute atomic E-state index is 11.5. The van der Waals surface area contributed by atoms with Gasteiger partial charge in [0, 0.05) is 5.56 Å². The third kappa shape index (κ3) is 2.31. The van der Waals surface area contributed by atoms with Gasteiger partial charge in [-0.2, -0.15) is 9.61 Å². The first-order valence-corrected chi connectivity index (χ1v) is 7.66. The van der Waals surface area contributed by atoms with Gasteiger partial charge in [0.2, 0.25) is 4.96 Å². The number of imidazole rings is 1. The number of aldehydes is 1. The van der Waals surface area contributed by atoms with E-state index in [0.29, 0.717) is 18.0 Å². The molecular weight excluding hydrogens is 286 g/mol. The fourth-order valence-electron chi connectivity index (χ4n) is 2.19. The molecule has 0 atom stereocenters. The molecule has 0 aliphatic heterocycles. The summed E-state index contributed by atoms with van der Waals surface area (Å²) < 4.78 is 7.25. The Bertz CT molecular complexity index is 791. The van der Waals surface area contributed by atoms with Gasteiger partial charge in [-0.1, -0.05) is 30.4 Å². The van der Waals surface area contributed by atoms with Crippen molar-refractivity contribution < 1.29 is 9.53 Å². The van der Waals surface area contributed by atoms with Crippen LogP contribution < -0.4 is 4.74 Å². The highest BCUT2D eigenvalue weighted by Crippen LogP contribution is 2.32. The number of aromatic nitrogens is 3. The summed E-state index contributed by atoms with van der Waals surface area (Å²) >= 11 is 1.50. The first kappa shape index (κ1) is 13.8. The number of carbonyl (C=O) groups excluding carboxylic acids is 1. The molecule has 0 N–H and O–H groups in total. The van der Waals surface area contributed by atoms with Gasteiger partial charge < -0.3 is 4.74 Å². The summed E-state index contributed by atoms with van der Waals surface area (Å²) in [6.45, 7) is 4.52. The number of carbonyl (C=O) groups is 1. The summed E-state index contributed by atoms with van der Waals surface area (Å²) in [4.78, 5) is 16.8. The van der Waals surface area contributed by atoms with Crippen LogP contribution in [0.15, 0.2) is 24.3 Å². The van der Waals surface area contributed by atoms with Crippen molar-refractivity contribution in [1.29, 1.82) is 0 Å². The summed E-state index contributed by atoms with van der Waals surface area (Å²) in [6.07, 6.45) is 1.63. The molecule has 0 radical (unpaired) electrons. The Labute approximate surface area is 126 Å². The lowest BCUT2D eigenvalue weighted by molar-refractivity contribution is 0.111. The number of hydrogen-bond donors (Lipinski definition) is 0. The molecule has 2 aromatic heterocycles. The van der Waals surface area contributed by atoms with E-state index < -0.39 is 0 Å². The lowest BCUT2D eigenvalue weighted by Crippen LogP contribution is -1.97. The van der Waals surface area contributed by atoms with Gasteiger partial charge in [0.25, 0.3) is 0 Å². The number of benzene rings is 1. The van der Waals surface area contributed by atoms with Gasteiger partial charge in [0.1, 0.15) is 22.1 Å². The number of hydrogen-bond acceptors (Lipinski definition) is 5. The predicted molar refractivity (Wildman–Crippen MR) is 82.2 cm³/mol. The summed E-state index contributed by atoms with van der Waals surface area (Å²) in [7, 11) is 0. The topological polar surface area (TPSA) is 56.5 Å². The Hall–Kier alpha value is -2.21. The van der Waals surface area contributed by atoms with Crippen molar-refractivity contribution >= 4 is 22.6 Å². The Morgan fingerprint density at radius 3 is 2.86 bits per heavy atom. The molecule has 0 spiro atoms. The van der Waals surface area contributed by atoms with Crippen molar-refractivity contribution in [3.05, 3.63) is 35.0 Å². The molecule has 21 heavy (non-hydrogen) atoms. The molecular formula is C15H15N3O2S. The number of nitrogens with zero attached hydrogens (tertiary/aromatic N) is 3. The van der Waals surface area contributed by atoms with Crippen LogP contribution in [0.25, 0.3) is 16.2 Å². The minimum Gasteiger partial charge on any atom is -0.493 e. The average molecular weight is 301 g/mol. The maximum atomic E-state index is 11.5. The molecule has 3 aromatic rings. The van der Waals surface area contributed by atoms with E-state index in [-0.39, 0.29) is 0 Å². The number of fused-ring (bicyclic) bond motifs is 1. The van der Waals surface area contributed by atoms with Gasteiger partial charge in [0.05, 0.1) is 6.61 Å². The zero-order chi connectivity index (χ0) is 14.8. The number of rotatable bonds is 5. The second-order valence-corrected chi connectivity index (χ2v) is 5.48. The van der Waals surface area contributed by atoms with Crippen LogP contribution in [0.3, 0.4) is 0 Å². The fourth-order valence-corrected chi connectivity index (χ4v) is 3.03. The molecule has 0 amide bonds. The third-order valence-electron chi connectivity index (χ3n) is 3.14. The highest BCUT2D eigenvalue weighted by Gasteiger charge is 2.19. The van der Waals surface area contributed by atoms with Gasteiger partial charge in [-0.15, -0.1) is 0 Å². The molecule has 0 fully saturated rings. The van der Waals surface area contributed by atoms with Crippen LogP contribution in [0, 0.1) is 0 Å². The highest BCUT2D eigenvalue weighted by molar-refractivity contribution is 7.16. The zero-order valence-corrected chi connectivity index (χ0v) is 12.7. The minimum atomic E-state index is 0.466. The smallest absolute Gasteiger partial charge is 0.213 e. The predicted octanol–water partition coefficient (Wildman–Crippen LogP) is 3.23. The summed E-state index contributed by atoms with van der Waals surface area (Å²) in [5, 5.41) is 5.39. The molecule has 0 bridgehead atoms. The lowest BCUT2D eigenvalue weighted by Gasteiger charge is -2.08. The molecule has 0 saturated heterocycles. The van der Waals surface area contributed by atoms with E-state index in [1.54, 1.807) is 4.52 Å². The van der Waals surface area contributed by atoms with Crippen molar-refractivity contribution in [2.24, 2.45) is 0 Å². The standard InChI is InChI=1S/C15H15N3O2S/c1-3-13-17-18-11(9-19)14(16-15(18)21-13)10-7-5-6-8-12(10)20-4-2/h5-9H,3-4H2,1-2H3. The Morgan fingerprint density at radius 1 is 1.33 bits per heavy atom. The molecule has 0 saturated carbocycles. The van der Waals surface area contributed by atoms with Crippen molar-refractivity contribution in [3.8, 4) is 17.0 Å². The first-order chi connectivity index (χ1) is 10.3. The van der Waals surface area contributed by atoms with Crippen LogP contribution in [-0.2, 0) is 6.42 Å². The Morgan fingerprint density at radius 2 is 2.14 bits per heavy atom. The van der Waals surface area contributed by atoms with Gasteiger partial charge in [-0.05, 0) is 25.5 Å². The van der Waals surface area contributed by atoms with E-state index in [0.717, 1.165) is 34.0 Å². The molecule has 1 aromatic carbocycles. The maximum Gasteiger partial charge on any atom is 0.213 e. The van der Waals surface area contributed by atoms with Crippen LogP contribution in [0.4, 0.5) is 0 Å². The van der Waals surface area contributed by atoms with Crippen molar-refractivity contribution in [2.45, 2.75) is 20.3 Å². The van der Waals surface area contributed by atoms with E-state index in [4.69, 9.17) is 4.74 Å². The van der Waals surface area contributed by atoms with Gasteiger partial charge in [-0.3, -0.25) is 4.79 Å². The van der Waals surface area contributed by atoms with E-state index in [2.05, 4.69) is 10.1 Å². The normalized spacial score (nSPS) is 11.0. The van der Waals surface area contributed by atoms with Gasteiger partial charge in [0.15, 0.2) is 6.29 Å². The summed E-state index contributed by atoms with van der Waals surface area (Å²) in [6, 6.07) is 7.60. The van der Waals surface area contributed by atoms with E-state index in [9.17, 15) is 4.79 Å². The average Bonchev–Trinajstić information content (AvgIpc) is 3.04. The molecule has 108 valence electrons. The molecule has 2 heterocycles. The van der Waals surface area contributed by atoms with Crippen LogP contribution in [0.5, 0.6) is 5.75 Å². The first-order valence-electron chi connectivity index (χ1n) is 6.84. The van der Waals surface area contributed by atoms with E-state index in [1.807, 2.05) is 38.1 Å². The molecule has 0 unspecified atom stereocenters. The van der Waals surface area contributed by atoms with Crippen molar-refractivity contribution in [2.75, 3.05) is 6.61 Å². The summed E-state index contributed by atoms with van der Waals surface area (Å²) in [5.74, 6) is 0.726. The molecule has 3 rings (SSSR count). The molecule has 0 aliphatic carbocycles. The zero-order valence-electron chi connectivity index (χ0n) is 11.9. The van der Waals surface area contributed by atoms with Gasteiger partial charge in [-0.25, -0.2) is 4.98 Å². The summed E-state index contributed by atoms with van der Waals surface area (Å²) in [5.41, 5.74) is 1.90. The van der Waals surface area contributed by atoms with Crippen molar-refractivity contribution in [3.63, 3.8) is 0 Å². The van der Waals surface area contributed by atoms with E-state index >= 15 is 0 Å². The van der Waals surface area contributed by atoms with Crippen LogP contribution in [0.2, 0.25) is 0 Å². The SMILES string of the molecule is CCOc1ccccc1-c1nc2sc(CC)nn2c1C=O. The monoisotopic (exact) mass is 301 g/mol. The lowest BCUT2D eigenvalue weighted by atomic mass is 10.1. The fraction of sp³-hybridized carbons (Fsp3) is 0.267. The minimum absolute atomic E-state index is 0.466. The second-order valence-electron chi connectivity index (χ2n) is 4.44. The molecule has 6 heteroatoms. The molecule has 0 aliphatic rings. The Balaban J connectivity index is 2.20. The van der Waals surface area contributed by atoms with E-state index in [1.165, 1.54) is 11.3 Å². The largest absolute Gasteiger partial charge is 0.493 e. The van der Waals surface area contributed by atoms with Crippen LogP contribution >= 0.6 is 11.3 Å². The molecule has 5 nitrogen and oxygen atoms in total. The highest BCUT2D eigenvalue weighted by atomic mass is 32.1. The van der Waals surface area contributed by atoms with Crippen LogP contribution in [0.1, 0.15) is 29.3 Å². The van der Waals surface area contributed by atoms with Crippen molar-refractivity contribution in [1.82, 2.24) is 14.6 Å². The number of ether oxygens (including phenoxy) is 1.